The van der Waals surface area contributed by atoms with Gasteiger partial charge in [-0.2, -0.15) is 0 Å². The van der Waals surface area contributed by atoms with E-state index in [4.69, 9.17) is 9.47 Å². The summed E-state index contributed by atoms with van der Waals surface area (Å²) in [6.07, 6.45) is 3.28. The summed E-state index contributed by atoms with van der Waals surface area (Å²) in [6.45, 7) is 4.67. The van der Waals surface area contributed by atoms with Gasteiger partial charge < -0.3 is 20.1 Å². The zero-order valence-electron chi connectivity index (χ0n) is 11.3. The second-order valence-corrected chi connectivity index (χ2v) is 5.27. The lowest BCUT2D eigenvalue weighted by Crippen LogP contribution is -2.52. The Morgan fingerprint density at radius 2 is 2.22 bits per heavy atom. The van der Waals surface area contributed by atoms with Crippen LogP contribution in [-0.4, -0.2) is 51.0 Å². The molecule has 104 valence electrons. The van der Waals surface area contributed by atoms with Crippen molar-refractivity contribution < 1.29 is 14.3 Å². The van der Waals surface area contributed by atoms with Gasteiger partial charge in [0.25, 0.3) is 0 Å². The van der Waals surface area contributed by atoms with E-state index < -0.39 is 0 Å². The third-order valence-electron chi connectivity index (χ3n) is 4.17. The second-order valence-electron chi connectivity index (χ2n) is 5.27. The van der Waals surface area contributed by atoms with E-state index in [0.717, 1.165) is 19.4 Å². The first-order valence-corrected chi connectivity index (χ1v) is 6.85. The maximum absolute atomic E-state index is 12.1. The van der Waals surface area contributed by atoms with Crippen LogP contribution in [0.2, 0.25) is 0 Å². The standard InChI is InChI=1S/C13H24N2O3/c1-3-14-11-8-18-7-10(11)12(16)15-9-13(17-2)5-4-6-13/h10-11,14H,3-9H2,1-2H3,(H,15,16). The van der Waals surface area contributed by atoms with Crippen molar-refractivity contribution >= 4 is 5.91 Å². The summed E-state index contributed by atoms with van der Waals surface area (Å²) >= 11 is 0. The van der Waals surface area contributed by atoms with Gasteiger partial charge in [0.2, 0.25) is 5.91 Å². The molecular formula is C13H24N2O3. The molecule has 2 unspecified atom stereocenters. The summed E-state index contributed by atoms with van der Waals surface area (Å²) in [4.78, 5) is 12.1. The van der Waals surface area contributed by atoms with Gasteiger partial charge in [-0.3, -0.25) is 4.79 Å². The van der Waals surface area contributed by atoms with Gasteiger partial charge in [-0.15, -0.1) is 0 Å². The van der Waals surface area contributed by atoms with Crippen LogP contribution >= 0.6 is 0 Å². The SMILES string of the molecule is CCNC1COCC1C(=O)NCC1(OC)CCC1. The number of hydrogen-bond acceptors (Lipinski definition) is 4. The number of amides is 1. The first-order chi connectivity index (χ1) is 8.71. The zero-order chi connectivity index (χ0) is 13.0. The summed E-state index contributed by atoms with van der Waals surface area (Å²) in [5, 5.41) is 6.32. The molecule has 1 heterocycles. The van der Waals surface area contributed by atoms with Crippen LogP contribution in [0.4, 0.5) is 0 Å². The van der Waals surface area contributed by atoms with Crippen molar-refractivity contribution in [2.75, 3.05) is 33.4 Å². The average molecular weight is 256 g/mol. The second kappa shape index (κ2) is 5.99. The average Bonchev–Trinajstić information content (AvgIpc) is 2.77. The molecule has 2 atom stereocenters. The minimum absolute atomic E-state index is 0.0704. The summed E-state index contributed by atoms with van der Waals surface area (Å²) < 4.78 is 10.9. The van der Waals surface area contributed by atoms with Crippen molar-refractivity contribution in [1.29, 1.82) is 0 Å². The number of hydrogen-bond donors (Lipinski definition) is 2. The fourth-order valence-corrected chi connectivity index (χ4v) is 2.68. The van der Waals surface area contributed by atoms with Crippen molar-refractivity contribution in [2.45, 2.75) is 37.8 Å². The van der Waals surface area contributed by atoms with Gasteiger partial charge in [0.15, 0.2) is 0 Å². The molecule has 0 radical (unpaired) electrons. The highest BCUT2D eigenvalue weighted by Crippen LogP contribution is 2.34. The van der Waals surface area contributed by atoms with Crippen LogP contribution in [0.3, 0.4) is 0 Å². The molecule has 2 N–H and O–H groups in total. The zero-order valence-corrected chi connectivity index (χ0v) is 11.3. The summed E-state index contributed by atoms with van der Waals surface area (Å²) in [5.41, 5.74) is -0.108. The van der Waals surface area contributed by atoms with Gasteiger partial charge in [-0.25, -0.2) is 0 Å². The fourth-order valence-electron chi connectivity index (χ4n) is 2.68. The van der Waals surface area contributed by atoms with Crippen LogP contribution in [0.5, 0.6) is 0 Å². The molecule has 2 fully saturated rings. The van der Waals surface area contributed by atoms with E-state index in [1.54, 1.807) is 7.11 Å². The van der Waals surface area contributed by atoms with Crippen molar-refractivity contribution in [3.8, 4) is 0 Å². The Morgan fingerprint density at radius 3 is 2.78 bits per heavy atom. The molecule has 1 aliphatic heterocycles. The van der Waals surface area contributed by atoms with Crippen molar-refractivity contribution in [2.24, 2.45) is 5.92 Å². The third-order valence-corrected chi connectivity index (χ3v) is 4.17. The molecule has 1 saturated heterocycles. The largest absolute Gasteiger partial charge is 0.379 e. The molecule has 1 aliphatic carbocycles. The van der Waals surface area contributed by atoms with Crippen LogP contribution in [0.15, 0.2) is 0 Å². The molecule has 0 aromatic rings. The van der Waals surface area contributed by atoms with E-state index in [1.165, 1.54) is 6.42 Å². The van der Waals surface area contributed by atoms with E-state index in [1.807, 2.05) is 6.92 Å². The van der Waals surface area contributed by atoms with Crippen LogP contribution in [0, 0.1) is 5.92 Å². The highest BCUT2D eigenvalue weighted by atomic mass is 16.5. The molecule has 5 nitrogen and oxygen atoms in total. The Bertz CT molecular complexity index is 286. The number of carbonyl (C=O) groups is 1. The lowest BCUT2D eigenvalue weighted by Gasteiger charge is -2.40. The summed E-state index contributed by atoms with van der Waals surface area (Å²) in [7, 11) is 1.73. The Kier molecular flexibility index (Phi) is 4.59. The van der Waals surface area contributed by atoms with Gasteiger partial charge in [0, 0.05) is 19.7 Å². The van der Waals surface area contributed by atoms with Crippen molar-refractivity contribution in [3.63, 3.8) is 0 Å². The lowest BCUT2D eigenvalue weighted by atomic mass is 9.80. The van der Waals surface area contributed by atoms with Crippen molar-refractivity contribution in [1.82, 2.24) is 10.6 Å². The molecule has 18 heavy (non-hydrogen) atoms. The molecule has 2 rings (SSSR count). The Morgan fingerprint density at radius 1 is 1.44 bits per heavy atom. The molecule has 0 spiro atoms. The van der Waals surface area contributed by atoms with E-state index in [2.05, 4.69) is 10.6 Å². The van der Waals surface area contributed by atoms with E-state index in [9.17, 15) is 4.79 Å². The van der Waals surface area contributed by atoms with Crippen LogP contribution in [-0.2, 0) is 14.3 Å². The van der Waals surface area contributed by atoms with Crippen LogP contribution < -0.4 is 10.6 Å². The molecule has 0 aromatic heterocycles. The lowest BCUT2D eigenvalue weighted by molar-refractivity contribution is -0.129. The molecule has 1 amide bonds. The molecule has 2 aliphatic rings. The van der Waals surface area contributed by atoms with Gasteiger partial charge in [0.1, 0.15) is 0 Å². The number of rotatable bonds is 6. The molecule has 5 heteroatoms. The first kappa shape index (κ1) is 13.8. The van der Waals surface area contributed by atoms with Crippen LogP contribution in [0.1, 0.15) is 26.2 Å². The number of ether oxygens (including phenoxy) is 2. The molecule has 0 bridgehead atoms. The van der Waals surface area contributed by atoms with Gasteiger partial charge in [0.05, 0.1) is 24.7 Å². The normalized spacial score (nSPS) is 29.9. The highest BCUT2D eigenvalue weighted by molar-refractivity contribution is 5.80. The predicted octanol–water partition coefficient (Wildman–Crippen LogP) is 0.296. The number of likely N-dealkylation sites (N-methyl/N-ethyl adjacent to an activating group) is 1. The molecule has 1 saturated carbocycles. The van der Waals surface area contributed by atoms with E-state index in [-0.39, 0.29) is 23.5 Å². The minimum atomic E-state index is -0.108. The summed E-state index contributed by atoms with van der Waals surface area (Å²) in [5.74, 6) is 0.0145. The van der Waals surface area contributed by atoms with Crippen molar-refractivity contribution in [3.05, 3.63) is 0 Å². The topological polar surface area (TPSA) is 59.6 Å². The number of methoxy groups -OCH3 is 1. The Labute approximate surface area is 109 Å². The quantitative estimate of drug-likeness (QED) is 0.717. The predicted molar refractivity (Wildman–Crippen MR) is 68.4 cm³/mol. The van der Waals surface area contributed by atoms with E-state index >= 15 is 0 Å². The Balaban J connectivity index is 1.80. The maximum Gasteiger partial charge on any atom is 0.227 e. The van der Waals surface area contributed by atoms with Gasteiger partial charge >= 0.3 is 0 Å². The number of carbonyl (C=O) groups excluding carboxylic acids is 1. The number of nitrogens with one attached hydrogen (secondary N) is 2. The first-order valence-electron chi connectivity index (χ1n) is 6.85. The molecule has 0 aromatic carbocycles. The minimum Gasteiger partial charge on any atom is -0.379 e. The molecular weight excluding hydrogens is 232 g/mol. The Hall–Kier alpha value is -0.650. The van der Waals surface area contributed by atoms with Crippen LogP contribution in [0.25, 0.3) is 0 Å². The van der Waals surface area contributed by atoms with E-state index in [0.29, 0.717) is 19.8 Å². The summed E-state index contributed by atoms with van der Waals surface area (Å²) in [6, 6.07) is 0.148. The van der Waals surface area contributed by atoms with Gasteiger partial charge in [-0.1, -0.05) is 6.92 Å². The fraction of sp³-hybridized carbons (Fsp3) is 0.923. The maximum atomic E-state index is 12.1. The third kappa shape index (κ3) is 2.84. The van der Waals surface area contributed by atoms with Gasteiger partial charge in [-0.05, 0) is 25.8 Å². The monoisotopic (exact) mass is 256 g/mol. The highest BCUT2D eigenvalue weighted by Gasteiger charge is 2.39. The smallest absolute Gasteiger partial charge is 0.227 e.